The average Bonchev–Trinajstić information content (AvgIpc) is 3.40. The Morgan fingerprint density at radius 2 is 1.67 bits per heavy atom. The van der Waals surface area contributed by atoms with Crippen LogP contribution in [-0.4, -0.2) is 94.0 Å². The van der Waals surface area contributed by atoms with E-state index in [0.717, 1.165) is 0 Å². The van der Waals surface area contributed by atoms with Crippen LogP contribution in [0.5, 0.6) is 0 Å². The van der Waals surface area contributed by atoms with Gasteiger partial charge in [-0.25, -0.2) is 9.78 Å². The number of carbonyl (C=O) groups is 4. The maximum atomic E-state index is 13.3. The number of carboxylic acids is 1. The summed E-state index contributed by atoms with van der Waals surface area (Å²) in [7, 11) is 0. The number of guanidine groups is 1. The molecule has 0 aliphatic carbocycles. The number of nitrogens with zero attached hydrogens (tertiary/aromatic N) is 2. The number of rotatable bonds is 20. The highest BCUT2D eigenvalue weighted by Gasteiger charge is 2.30. The van der Waals surface area contributed by atoms with Gasteiger partial charge < -0.3 is 49.0 Å². The first-order valence-corrected chi connectivity index (χ1v) is 14.1. The number of aromatic amines is 1. The first-order valence-electron chi connectivity index (χ1n) is 12.7. The molecular weight excluding hydrogens is 528 g/mol. The molecule has 0 fully saturated rings. The van der Waals surface area contributed by atoms with Gasteiger partial charge >= 0.3 is 5.97 Å². The number of aliphatic carboxylic acids is 1. The van der Waals surface area contributed by atoms with Gasteiger partial charge in [0.2, 0.25) is 17.7 Å². The summed E-state index contributed by atoms with van der Waals surface area (Å²) in [5.41, 5.74) is 22.7. The fourth-order valence-corrected chi connectivity index (χ4v) is 4.03. The van der Waals surface area contributed by atoms with Gasteiger partial charge in [0, 0.05) is 24.9 Å². The molecule has 13 N–H and O–H groups in total. The monoisotopic (exact) mass is 570 g/mol. The molecule has 16 heteroatoms. The van der Waals surface area contributed by atoms with Crippen LogP contribution >= 0.6 is 11.8 Å². The molecule has 4 unspecified atom stereocenters. The van der Waals surface area contributed by atoms with Crippen LogP contribution in [0.15, 0.2) is 17.5 Å². The minimum atomic E-state index is -1.16. The Hall–Kier alpha value is -3.37. The van der Waals surface area contributed by atoms with Crippen molar-refractivity contribution in [1.82, 2.24) is 25.9 Å². The van der Waals surface area contributed by atoms with Crippen LogP contribution in [0.25, 0.3) is 0 Å². The second-order valence-corrected chi connectivity index (χ2v) is 9.91. The summed E-state index contributed by atoms with van der Waals surface area (Å²) in [4.78, 5) is 61.4. The summed E-state index contributed by atoms with van der Waals surface area (Å²) in [6, 6.07) is -4.14. The normalized spacial score (nSPS) is 13.9. The number of imidazole rings is 1. The molecule has 1 aromatic rings. The number of hydrogen-bond donors (Lipinski definition) is 9. The number of aromatic nitrogens is 2. The van der Waals surface area contributed by atoms with Gasteiger partial charge in [-0.1, -0.05) is 0 Å². The molecule has 0 spiro atoms. The van der Waals surface area contributed by atoms with E-state index >= 15 is 0 Å². The van der Waals surface area contributed by atoms with E-state index in [1.807, 2.05) is 6.26 Å². The molecule has 0 saturated heterocycles. The second kappa shape index (κ2) is 18.8. The molecule has 0 saturated carbocycles. The Morgan fingerprint density at radius 1 is 1.00 bits per heavy atom. The molecule has 1 aromatic heterocycles. The largest absolute Gasteiger partial charge is 0.480 e. The third kappa shape index (κ3) is 13.8. The summed E-state index contributed by atoms with van der Waals surface area (Å²) in [5.74, 6) is -2.51. The highest BCUT2D eigenvalue weighted by Crippen LogP contribution is 2.07. The highest BCUT2D eigenvalue weighted by molar-refractivity contribution is 7.98. The van der Waals surface area contributed by atoms with Crippen LogP contribution in [0.1, 0.15) is 44.2 Å². The quantitative estimate of drug-likeness (QED) is 0.0459. The SMILES string of the molecule is CSCCC(NC(=O)C(CCCCN)NC(=O)C(Cc1cnc[nH]1)NC(=O)C(N)CCCN=C(N)N)C(=O)O. The van der Waals surface area contributed by atoms with E-state index < -0.39 is 47.9 Å². The minimum absolute atomic E-state index is 0.0565. The van der Waals surface area contributed by atoms with Gasteiger partial charge in [-0.2, -0.15) is 11.8 Å². The zero-order valence-corrected chi connectivity index (χ0v) is 23.0. The molecular formula is C23H42N10O5S. The van der Waals surface area contributed by atoms with E-state index in [1.165, 1.54) is 24.3 Å². The van der Waals surface area contributed by atoms with Crippen molar-refractivity contribution in [2.75, 3.05) is 25.1 Å². The number of nitrogens with two attached hydrogens (primary N) is 4. The number of unbranched alkanes of at least 4 members (excludes halogenated alkanes) is 1. The van der Waals surface area contributed by atoms with Gasteiger partial charge in [-0.3, -0.25) is 19.4 Å². The third-order valence-corrected chi connectivity index (χ3v) is 6.37. The van der Waals surface area contributed by atoms with Gasteiger partial charge in [0.1, 0.15) is 18.1 Å². The lowest BCUT2D eigenvalue weighted by Gasteiger charge is -2.25. The van der Waals surface area contributed by atoms with Crippen molar-refractivity contribution in [1.29, 1.82) is 0 Å². The van der Waals surface area contributed by atoms with Gasteiger partial charge in [-0.05, 0) is 57.1 Å². The van der Waals surface area contributed by atoms with E-state index in [4.69, 9.17) is 22.9 Å². The minimum Gasteiger partial charge on any atom is -0.480 e. The maximum absolute atomic E-state index is 13.3. The van der Waals surface area contributed by atoms with Crippen molar-refractivity contribution in [3.05, 3.63) is 18.2 Å². The Kier molecular flexibility index (Phi) is 16.2. The molecule has 39 heavy (non-hydrogen) atoms. The molecule has 3 amide bonds. The second-order valence-electron chi connectivity index (χ2n) is 8.92. The lowest BCUT2D eigenvalue weighted by atomic mass is 10.0. The summed E-state index contributed by atoms with van der Waals surface area (Å²) >= 11 is 1.46. The molecule has 0 radical (unpaired) electrons. The molecule has 4 atom stereocenters. The van der Waals surface area contributed by atoms with E-state index in [-0.39, 0.29) is 31.6 Å². The number of carbonyl (C=O) groups excluding carboxylic acids is 3. The topological polar surface area (TPSA) is 270 Å². The number of aliphatic imine (C=N–C) groups is 1. The van der Waals surface area contributed by atoms with Crippen molar-refractivity contribution in [3.63, 3.8) is 0 Å². The zero-order chi connectivity index (χ0) is 29.2. The van der Waals surface area contributed by atoms with Crippen LogP contribution < -0.4 is 38.9 Å². The van der Waals surface area contributed by atoms with Crippen molar-refractivity contribution in [2.24, 2.45) is 27.9 Å². The molecule has 0 aliphatic rings. The van der Waals surface area contributed by atoms with Gasteiger partial charge in [0.05, 0.1) is 12.4 Å². The fourth-order valence-electron chi connectivity index (χ4n) is 3.55. The molecule has 1 heterocycles. The number of amides is 3. The predicted molar refractivity (Wildman–Crippen MR) is 150 cm³/mol. The summed E-state index contributed by atoms with van der Waals surface area (Å²) in [6.45, 7) is 0.697. The van der Waals surface area contributed by atoms with Gasteiger partial charge in [-0.15, -0.1) is 0 Å². The zero-order valence-electron chi connectivity index (χ0n) is 22.2. The molecule has 220 valence electrons. The van der Waals surface area contributed by atoms with Crippen LogP contribution in [0.4, 0.5) is 0 Å². The van der Waals surface area contributed by atoms with Crippen LogP contribution in [-0.2, 0) is 25.6 Å². The number of nitrogens with one attached hydrogen (secondary N) is 4. The Morgan fingerprint density at radius 3 is 2.26 bits per heavy atom. The van der Waals surface area contributed by atoms with E-state index in [2.05, 4.69) is 30.9 Å². The fraction of sp³-hybridized carbons (Fsp3) is 0.652. The summed E-state index contributed by atoms with van der Waals surface area (Å²) in [5, 5.41) is 17.3. The molecule has 1 rings (SSSR count). The number of H-pyrrole nitrogens is 1. The molecule has 0 aliphatic heterocycles. The third-order valence-electron chi connectivity index (χ3n) is 5.72. The number of carboxylic acid groups (broad SMARTS) is 1. The molecule has 15 nitrogen and oxygen atoms in total. The summed E-state index contributed by atoms with van der Waals surface area (Å²) in [6.07, 6.45) is 7.16. The Bertz CT molecular complexity index is 926. The van der Waals surface area contributed by atoms with Gasteiger partial charge in [0.15, 0.2) is 5.96 Å². The highest BCUT2D eigenvalue weighted by atomic mass is 32.2. The van der Waals surface area contributed by atoms with Crippen molar-refractivity contribution >= 4 is 41.4 Å². The number of thioether (sulfide) groups is 1. The standard InChI is InChI=1S/C23H42N10O5S/c1-39-10-7-17(22(37)38)32-20(35)16(6-2-3-8-24)31-21(36)18(11-14-12-28-13-30-14)33-19(34)15(25)5-4-9-29-23(26)27/h12-13,15-18H,2-11,24-25H2,1H3,(H,28,30)(H,31,36)(H,32,35)(H,33,34)(H,37,38)(H4,26,27,29). The van der Waals surface area contributed by atoms with E-state index in [9.17, 15) is 24.3 Å². The number of hydrogen-bond acceptors (Lipinski definition) is 9. The maximum Gasteiger partial charge on any atom is 0.326 e. The predicted octanol–water partition coefficient (Wildman–Crippen LogP) is -2.25. The van der Waals surface area contributed by atoms with Crippen LogP contribution in [0, 0.1) is 0 Å². The van der Waals surface area contributed by atoms with Crippen LogP contribution in [0.3, 0.4) is 0 Å². The lowest BCUT2D eigenvalue weighted by Crippen LogP contribution is -2.57. The lowest BCUT2D eigenvalue weighted by molar-refractivity contribution is -0.142. The summed E-state index contributed by atoms with van der Waals surface area (Å²) < 4.78 is 0. The van der Waals surface area contributed by atoms with Crippen molar-refractivity contribution in [2.45, 2.75) is 69.1 Å². The Balaban J connectivity index is 2.98. The van der Waals surface area contributed by atoms with Crippen molar-refractivity contribution < 1.29 is 24.3 Å². The van der Waals surface area contributed by atoms with E-state index in [0.29, 0.717) is 43.8 Å². The van der Waals surface area contributed by atoms with Crippen LogP contribution in [0.2, 0.25) is 0 Å². The molecule has 0 bridgehead atoms. The van der Waals surface area contributed by atoms with Gasteiger partial charge in [0.25, 0.3) is 0 Å². The smallest absolute Gasteiger partial charge is 0.326 e. The van der Waals surface area contributed by atoms with E-state index in [1.54, 1.807) is 0 Å². The first-order chi connectivity index (χ1) is 18.6. The first kappa shape index (κ1) is 33.7. The Labute approximate surface area is 232 Å². The van der Waals surface area contributed by atoms with Crippen molar-refractivity contribution in [3.8, 4) is 0 Å². The molecule has 0 aromatic carbocycles. The average molecular weight is 571 g/mol.